The molecule has 2 aliphatic rings. The summed E-state index contributed by atoms with van der Waals surface area (Å²) >= 11 is 0. The van der Waals surface area contributed by atoms with Gasteiger partial charge in [-0.2, -0.15) is 5.10 Å². The number of benzene rings is 2. The normalized spacial score (nSPS) is 20.9. The Morgan fingerprint density at radius 1 is 0.968 bits per heavy atom. The summed E-state index contributed by atoms with van der Waals surface area (Å²) in [5, 5.41) is 4.47. The van der Waals surface area contributed by atoms with Crippen LogP contribution in [0.1, 0.15) is 48.9 Å². The van der Waals surface area contributed by atoms with Gasteiger partial charge in [0, 0.05) is 25.2 Å². The average molecular weight is 416 g/mol. The van der Waals surface area contributed by atoms with Gasteiger partial charge in [-0.05, 0) is 55.9 Å². The predicted molar refractivity (Wildman–Crippen MR) is 121 cm³/mol. The molecular formula is C26H29N3O2. The molecule has 5 heteroatoms. The number of carbonyl (C=O) groups is 1. The van der Waals surface area contributed by atoms with Crippen LogP contribution in [-0.4, -0.2) is 33.2 Å². The molecule has 2 aromatic carbocycles. The maximum atomic E-state index is 13.8. The Labute approximate surface area is 183 Å². The van der Waals surface area contributed by atoms with Gasteiger partial charge in [0.1, 0.15) is 11.5 Å². The van der Waals surface area contributed by atoms with Crippen molar-refractivity contribution in [3.8, 4) is 22.8 Å². The second-order valence-corrected chi connectivity index (χ2v) is 8.69. The van der Waals surface area contributed by atoms with Gasteiger partial charge in [0.2, 0.25) is 0 Å². The van der Waals surface area contributed by atoms with Gasteiger partial charge >= 0.3 is 0 Å². The van der Waals surface area contributed by atoms with Crippen LogP contribution >= 0.6 is 0 Å². The zero-order chi connectivity index (χ0) is 21.2. The Kier molecular flexibility index (Phi) is 5.49. The van der Waals surface area contributed by atoms with Crippen molar-refractivity contribution in [1.29, 1.82) is 0 Å². The molecule has 1 aliphatic heterocycles. The van der Waals surface area contributed by atoms with Crippen LogP contribution in [0, 0.1) is 5.92 Å². The fourth-order valence-corrected chi connectivity index (χ4v) is 5.31. The van der Waals surface area contributed by atoms with E-state index >= 15 is 0 Å². The topological polar surface area (TPSA) is 47.4 Å². The summed E-state index contributed by atoms with van der Waals surface area (Å²) in [6.07, 6.45) is 8.97. The van der Waals surface area contributed by atoms with Gasteiger partial charge in [0.25, 0.3) is 5.91 Å². The summed E-state index contributed by atoms with van der Waals surface area (Å²) in [6.45, 7) is 0.844. The van der Waals surface area contributed by atoms with E-state index in [0.29, 0.717) is 17.5 Å². The van der Waals surface area contributed by atoms with Gasteiger partial charge in [-0.15, -0.1) is 0 Å². The molecule has 160 valence electrons. The standard InChI is InChI=1S/C26H29N3O2/c1-28-25(21-14-6-8-16-24(21)31-20-12-3-2-4-13-20)22(18-27-28)26(30)29-17-9-11-19-10-5-7-15-23(19)29/h2-4,6,8,12-14,16,18-19,23H,5,7,9-11,15,17H2,1H3. The largest absolute Gasteiger partial charge is 0.457 e. The van der Waals surface area contributed by atoms with E-state index in [1.807, 2.05) is 61.6 Å². The third-order valence-electron chi connectivity index (χ3n) is 6.79. The fourth-order valence-electron chi connectivity index (χ4n) is 5.31. The molecule has 0 bridgehead atoms. The minimum Gasteiger partial charge on any atom is -0.457 e. The number of aryl methyl sites for hydroxylation is 1. The van der Waals surface area contributed by atoms with Crippen molar-refractivity contribution in [2.24, 2.45) is 13.0 Å². The number of aromatic nitrogens is 2. The van der Waals surface area contributed by atoms with Gasteiger partial charge < -0.3 is 9.64 Å². The number of likely N-dealkylation sites (tertiary alicyclic amines) is 1. The third-order valence-corrected chi connectivity index (χ3v) is 6.79. The van der Waals surface area contributed by atoms with Crippen LogP contribution in [0.3, 0.4) is 0 Å². The van der Waals surface area contributed by atoms with Gasteiger partial charge in [0.15, 0.2) is 0 Å². The quantitative estimate of drug-likeness (QED) is 0.551. The zero-order valence-electron chi connectivity index (χ0n) is 18.0. The molecule has 2 fully saturated rings. The first-order valence-electron chi connectivity index (χ1n) is 11.4. The smallest absolute Gasteiger partial charge is 0.257 e. The van der Waals surface area contributed by atoms with Crippen LogP contribution in [0.25, 0.3) is 11.3 Å². The SMILES string of the molecule is Cn1ncc(C(=O)N2CCCC3CCCCC32)c1-c1ccccc1Oc1ccccc1. The lowest BCUT2D eigenvalue weighted by molar-refractivity contribution is 0.0391. The molecule has 2 unspecified atom stereocenters. The van der Waals surface area contributed by atoms with Crippen LogP contribution < -0.4 is 4.74 Å². The molecule has 31 heavy (non-hydrogen) atoms. The molecule has 1 aromatic heterocycles. The number of rotatable bonds is 4. The number of para-hydroxylation sites is 2. The van der Waals surface area contributed by atoms with E-state index in [4.69, 9.17) is 4.74 Å². The highest BCUT2D eigenvalue weighted by molar-refractivity contribution is 6.00. The van der Waals surface area contributed by atoms with Gasteiger partial charge in [-0.1, -0.05) is 43.2 Å². The first-order chi connectivity index (χ1) is 15.2. The van der Waals surface area contributed by atoms with Crippen molar-refractivity contribution < 1.29 is 9.53 Å². The summed E-state index contributed by atoms with van der Waals surface area (Å²) < 4.78 is 7.98. The second kappa shape index (κ2) is 8.58. The van der Waals surface area contributed by atoms with E-state index in [2.05, 4.69) is 10.00 Å². The molecule has 1 saturated heterocycles. The highest BCUT2D eigenvalue weighted by Gasteiger charge is 2.37. The van der Waals surface area contributed by atoms with Gasteiger partial charge in [0.05, 0.1) is 17.5 Å². The second-order valence-electron chi connectivity index (χ2n) is 8.69. The molecule has 5 rings (SSSR count). The summed E-state index contributed by atoms with van der Waals surface area (Å²) in [7, 11) is 1.89. The molecule has 1 saturated carbocycles. The third kappa shape index (κ3) is 3.85. The summed E-state index contributed by atoms with van der Waals surface area (Å²) in [4.78, 5) is 15.9. The Bertz CT molecular complexity index is 1060. The number of nitrogens with zero attached hydrogens (tertiary/aromatic N) is 3. The zero-order valence-corrected chi connectivity index (χ0v) is 18.0. The van der Waals surface area contributed by atoms with Gasteiger partial charge in [-0.3, -0.25) is 9.48 Å². The van der Waals surface area contributed by atoms with E-state index in [0.717, 1.165) is 42.1 Å². The fraction of sp³-hybridized carbons (Fsp3) is 0.385. The number of carbonyl (C=O) groups excluding carboxylic acids is 1. The highest BCUT2D eigenvalue weighted by atomic mass is 16.5. The predicted octanol–water partition coefficient (Wildman–Crippen LogP) is 5.67. The summed E-state index contributed by atoms with van der Waals surface area (Å²) in [5.74, 6) is 2.25. The van der Waals surface area contributed by atoms with E-state index in [9.17, 15) is 4.79 Å². The van der Waals surface area contributed by atoms with Gasteiger partial charge in [-0.25, -0.2) is 0 Å². The van der Waals surface area contributed by atoms with E-state index in [1.165, 1.54) is 25.7 Å². The number of hydrogen-bond acceptors (Lipinski definition) is 3. The van der Waals surface area contributed by atoms with Crippen LogP contribution in [-0.2, 0) is 7.05 Å². The van der Waals surface area contributed by atoms with Crippen molar-refractivity contribution in [1.82, 2.24) is 14.7 Å². The van der Waals surface area contributed by atoms with Crippen molar-refractivity contribution in [3.63, 3.8) is 0 Å². The monoisotopic (exact) mass is 415 g/mol. The Morgan fingerprint density at radius 2 is 1.71 bits per heavy atom. The van der Waals surface area contributed by atoms with Crippen LogP contribution in [0.2, 0.25) is 0 Å². The molecule has 0 spiro atoms. The van der Waals surface area contributed by atoms with Crippen molar-refractivity contribution in [3.05, 3.63) is 66.4 Å². The number of amides is 1. The highest BCUT2D eigenvalue weighted by Crippen LogP contribution is 2.39. The van der Waals surface area contributed by atoms with Crippen LogP contribution in [0.4, 0.5) is 0 Å². The number of fused-ring (bicyclic) bond motifs is 1. The number of piperidine rings is 1. The van der Waals surface area contributed by atoms with Crippen LogP contribution in [0.5, 0.6) is 11.5 Å². The summed E-state index contributed by atoms with van der Waals surface area (Å²) in [5.41, 5.74) is 2.36. The first-order valence-corrected chi connectivity index (χ1v) is 11.4. The van der Waals surface area contributed by atoms with E-state index in [1.54, 1.807) is 10.9 Å². The molecule has 3 aromatic rings. The molecule has 5 nitrogen and oxygen atoms in total. The Hall–Kier alpha value is -3.08. The minimum absolute atomic E-state index is 0.106. The molecule has 2 atom stereocenters. The lowest BCUT2D eigenvalue weighted by atomic mass is 9.78. The molecular weight excluding hydrogens is 386 g/mol. The van der Waals surface area contributed by atoms with E-state index < -0.39 is 0 Å². The molecule has 1 aliphatic carbocycles. The molecule has 0 radical (unpaired) electrons. The number of hydrogen-bond donors (Lipinski definition) is 0. The lowest BCUT2D eigenvalue weighted by Gasteiger charge is -2.44. The average Bonchev–Trinajstić information content (AvgIpc) is 3.20. The Balaban J connectivity index is 1.50. The van der Waals surface area contributed by atoms with Crippen LogP contribution in [0.15, 0.2) is 60.8 Å². The first kappa shape index (κ1) is 19.9. The molecule has 2 heterocycles. The Morgan fingerprint density at radius 3 is 2.58 bits per heavy atom. The van der Waals surface area contributed by atoms with E-state index in [-0.39, 0.29) is 5.91 Å². The van der Waals surface area contributed by atoms with Crippen molar-refractivity contribution in [2.75, 3.05) is 6.54 Å². The molecule has 1 amide bonds. The maximum absolute atomic E-state index is 13.8. The maximum Gasteiger partial charge on any atom is 0.257 e. The minimum atomic E-state index is 0.106. The summed E-state index contributed by atoms with van der Waals surface area (Å²) in [6, 6.07) is 18.0. The number of ether oxygens (including phenoxy) is 1. The van der Waals surface area contributed by atoms with Crippen molar-refractivity contribution >= 4 is 5.91 Å². The lowest BCUT2D eigenvalue weighted by Crippen LogP contribution is -2.49. The molecule has 0 N–H and O–H groups in total. The van der Waals surface area contributed by atoms with Crippen molar-refractivity contribution in [2.45, 2.75) is 44.6 Å².